The lowest BCUT2D eigenvalue weighted by Crippen LogP contribution is -2.08. The fourth-order valence-electron chi connectivity index (χ4n) is 2.18. The van der Waals surface area contributed by atoms with E-state index in [4.69, 9.17) is 0 Å². The predicted molar refractivity (Wildman–Crippen MR) is 86.4 cm³/mol. The molecule has 1 aromatic carbocycles. The fraction of sp³-hybridized carbons (Fsp3) is 0.353. The van der Waals surface area contributed by atoms with Gasteiger partial charge < -0.3 is 10.6 Å². The molecular weight excluding hydrogens is 246 g/mol. The number of nitrogens with one attached hydrogen (secondary N) is 2. The number of pyridine rings is 1. The number of anilines is 2. The van der Waals surface area contributed by atoms with Crippen molar-refractivity contribution in [3.05, 3.63) is 54.1 Å². The fourth-order valence-corrected chi connectivity index (χ4v) is 2.18. The molecule has 3 heteroatoms. The van der Waals surface area contributed by atoms with Crippen molar-refractivity contribution in [2.75, 3.05) is 23.7 Å². The van der Waals surface area contributed by atoms with Crippen molar-refractivity contribution in [3.63, 3.8) is 0 Å². The van der Waals surface area contributed by atoms with Gasteiger partial charge in [0, 0.05) is 13.1 Å². The minimum Gasteiger partial charge on any atom is -0.370 e. The van der Waals surface area contributed by atoms with E-state index in [1.807, 2.05) is 18.2 Å². The minimum absolute atomic E-state index is 0.556. The summed E-state index contributed by atoms with van der Waals surface area (Å²) < 4.78 is 0. The van der Waals surface area contributed by atoms with Crippen LogP contribution < -0.4 is 10.6 Å². The van der Waals surface area contributed by atoms with Crippen molar-refractivity contribution < 1.29 is 0 Å². The molecule has 1 heterocycles. The molecule has 0 aliphatic heterocycles. The summed E-state index contributed by atoms with van der Waals surface area (Å²) in [6.45, 7) is 6.16. The van der Waals surface area contributed by atoms with E-state index in [2.05, 4.69) is 59.8 Å². The second kappa shape index (κ2) is 7.53. The SMILES string of the molecule is CCNc1cccc(NCCC(C)c2ccccc2)n1. The Bertz CT molecular complexity index is 511. The molecule has 0 radical (unpaired) electrons. The molecule has 1 unspecified atom stereocenters. The van der Waals surface area contributed by atoms with Crippen LogP contribution in [0.4, 0.5) is 11.6 Å². The van der Waals surface area contributed by atoms with Crippen LogP contribution in [0.1, 0.15) is 31.7 Å². The van der Waals surface area contributed by atoms with Crippen LogP contribution >= 0.6 is 0 Å². The van der Waals surface area contributed by atoms with Crippen LogP contribution in [0.3, 0.4) is 0 Å². The van der Waals surface area contributed by atoms with Gasteiger partial charge in [0.15, 0.2) is 0 Å². The highest BCUT2D eigenvalue weighted by molar-refractivity contribution is 5.44. The van der Waals surface area contributed by atoms with Crippen molar-refractivity contribution in [1.29, 1.82) is 0 Å². The van der Waals surface area contributed by atoms with Gasteiger partial charge >= 0.3 is 0 Å². The quantitative estimate of drug-likeness (QED) is 0.794. The number of aromatic nitrogens is 1. The molecule has 0 spiro atoms. The Morgan fingerprint density at radius 1 is 0.950 bits per heavy atom. The van der Waals surface area contributed by atoms with Gasteiger partial charge in [-0.15, -0.1) is 0 Å². The van der Waals surface area contributed by atoms with Crippen molar-refractivity contribution in [2.24, 2.45) is 0 Å². The zero-order chi connectivity index (χ0) is 14.2. The highest BCUT2D eigenvalue weighted by atomic mass is 15.1. The van der Waals surface area contributed by atoms with E-state index >= 15 is 0 Å². The first kappa shape index (κ1) is 14.4. The summed E-state index contributed by atoms with van der Waals surface area (Å²) in [5.41, 5.74) is 1.39. The standard InChI is InChI=1S/C17H23N3/c1-3-18-16-10-7-11-17(20-16)19-13-12-14(2)15-8-5-4-6-9-15/h4-11,14H,3,12-13H2,1-2H3,(H2,18,19,20). The van der Waals surface area contributed by atoms with E-state index < -0.39 is 0 Å². The average molecular weight is 269 g/mol. The molecule has 20 heavy (non-hydrogen) atoms. The molecule has 2 aromatic rings. The molecular formula is C17H23N3. The van der Waals surface area contributed by atoms with Gasteiger partial charge in [-0.3, -0.25) is 0 Å². The van der Waals surface area contributed by atoms with Gasteiger partial charge in [0.1, 0.15) is 11.6 Å². The third-order valence-corrected chi connectivity index (χ3v) is 3.36. The normalized spacial score (nSPS) is 11.9. The second-order valence-electron chi connectivity index (χ2n) is 4.97. The first-order valence-electron chi connectivity index (χ1n) is 7.29. The Labute approximate surface area is 121 Å². The summed E-state index contributed by atoms with van der Waals surface area (Å²) in [7, 11) is 0. The molecule has 0 saturated heterocycles. The minimum atomic E-state index is 0.556. The summed E-state index contributed by atoms with van der Waals surface area (Å²) in [5.74, 6) is 2.41. The molecule has 2 N–H and O–H groups in total. The molecule has 2 rings (SSSR count). The Morgan fingerprint density at radius 3 is 2.35 bits per heavy atom. The van der Waals surface area contributed by atoms with E-state index in [1.165, 1.54) is 5.56 Å². The molecule has 0 amide bonds. The third-order valence-electron chi connectivity index (χ3n) is 3.36. The van der Waals surface area contributed by atoms with Gasteiger partial charge in [-0.1, -0.05) is 43.3 Å². The van der Waals surface area contributed by atoms with Crippen LogP contribution in [0.25, 0.3) is 0 Å². The van der Waals surface area contributed by atoms with Crippen molar-refractivity contribution in [2.45, 2.75) is 26.2 Å². The highest BCUT2D eigenvalue weighted by Gasteiger charge is 2.04. The van der Waals surface area contributed by atoms with E-state index in [1.54, 1.807) is 0 Å². The summed E-state index contributed by atoms with van der Waals surface area (Å²) in [6, 6.07) is 16.7. The van der Waals surface area contributed by atoms with E-state index in [0.29, 0.717) is 5.92 Å². The summed E-state index contributed by atoms with van der Waals surface area (Å²) in [5, 5.41) is 6.61. The van der Waals surface area contributed by atoms with Gasteiger partial charge in [-0.2, -0.15) is 0 Å². The molecule has 106 valence electrons. The predicted octanol–water partition coefficient (Wildman–Crippen LogP) is 4.12. The Kier molecular flexibility index (Phi) is 5.42. The maximum Gasteiger partial charge on any atom is 0.128 e. The molecule has 3 nitrogen and oxygen atoms in total. The Morgan fingerprint density at radius 2 is 1.65 bits per heavy atom. The monoisotopic (exact) mass is 269 g/mol. The van der Waals surface area contributed by atoms with Crippen LogP contribution in [0, 0.1) is 0 Å². The van der Waals surface area contributed by atoms with E-state index in [9.17, 15) is 0 Å². The van der Waals surface area contributed by atoms with E-state index in [0.717, 1.165) is 31.1 Å². The van der Waals surface area contributed by atoms with Crippen molar-refractivity contribution in [1.82, 2.24) is 4.98 Å². The third kappa shape index (κ3) is 4.26. The topological polar surface area (TPSA) is 37.0 Å². The highest BCUT2D eigenvalue weighted by Crippen LogP contribution is 2.18. The van der Waals surface area contributed by atoms with Crippen LogP contribution in [0.2, 0.25) is 0 Å². The van der Waals surface area contributed by atoms with Gasteiger partial charge in [-0.05, 0) is 37.0 Å². The lowest BCUT2D eigenvalue weighted by atomic mass is 9.98. The molecule has 0 aliphatic carbocycles. The molecule has 0 bridgehead atoms. The lowest BCUT2D eigenvalue weighted by Gasteiger charge is -2.13. The summed E-state index contributed by atoms with van der Waals surface area (Å²) in [4.78, 5) is 4.51. The molecule has 0 saturated carbocycles. The zero-order valence-electron chi connectivity index (χ0n) is 12.3. The van der Waals surface area contributed by atoms with Crippen LogP contribution in [-0.4, -0.2) is 18.1 Å². The first-order chi connectivity index (χ1) is 9.79. The molecule has 1 aromatic heterocycles. The summed E-state index contributed by atoms with van der Waals surface area (Å²) in [6.07, 6.45) is 1.09. The number of rotatable bonds is 7. The van der Waals surface area contributed by atoms with Crippen molar-refractivity contribution in [3.8, 4) is 0 Å². The number of hydrogen-bond acceptors (Lipinski definition) is 3. The van der Waals surface area contributed by atoms with Gasteiger partial charge in [0.05, 0.1) is 0 Å². The Balaban J connectivity index is 1.82. The largest absolute Gasteiger partial charge is 0.370 e. The number of hydrogen-bond donors (Lipinski definition) is 2. The molecule has 1 atom stereocenters. The Hall–Kier alpha value is -2.03. The molecule has 0 aliphatic rings. The maximum atomic E-state index is 4.51. The first-order valence-corrected chi connectivity index (χ1v) is 7.29. The van der Waals surface area contributed by atoms with Gasteiger partial charge in [-0.25, -0.2) is 4.98 Å². The summed E-state index contributed by atoms with van der Waals surface area (Å²) >= 11 is 0. The van der Waals surface area contributed by atoms with Gasteiger partial charge in [0.2, 0.25) is 0 Å². The second-order valence-corrected chi connectivity index (χ2v) is 4.97. The lowest BCUT2D eigenvalue weighted by molar-refractivity contribution is 0.705. The number of nitrogens with zero attached hydrogens (tertiary/aromatic N) is 1. The van der Waals surface area contributed by atoms with E-state index in [-0.39, 0.29) is 0 Å². The van der Waals surface area contributed by atoms with Crippen LogP contribution in [0.5, 0.6) is 0 Å². The molecule has 0 fully saturated rings. The number of benzene rings is 1. The maximum absolute atomic E-state index is 4.51. The van der Waals surface area contributed by atoms with Crippen LogP contribution in [-0.2, 0) is 0 Å². The zero-order valence-corrected chi connectivity index (χ0v) is 12.3. The smallest absolute Gasteiger partial charge is 0.128 e. The van der Waals surface area contributed by atoms with Crippen molar-refractivity contribution >= 4 is 11.6 Å². The average Bonchev–Trinajstić information content (AvgIpc) is 2.49. The van der Waals surface area contributed by atoms with Crippen LogP contribution in [0.15, 0.2) is 48.5 Å². The van der Waals surface area contributed by atoms with Gasteiger partial charge in [0.25, 0.3) is 0 Å².